The molecular formula is C25H23N3O4S2. The number of aromatic nitrogens is 1. The van der Waals surface area contributed by atoms with Crippen molar-refractivity contribution in [3.8, 4) is 16.3 Å². The molecule has 2 N–H and O–H groups in total. The molecular weight excluding hydrogens is 470 g/mol. The van der Waals surface area contributed by atoms with Crippen LogP contribution < -0.4 is 14.8 Å². The molecule has 4 rings (SSSR count). The highest BCUT2D eigenvalue weighted by molar-refractivity contribution is 7.92. The Bertz CT molecular complexity index is 1400. The molecule has 9 heteroatoms. The van der Waals surface area contributed by atoms with Crippen molar-refractivity contribution in [3.05, 3.63) is 89.4 Å². The molecule has 0 unspecified atom stereocenters. The van der Waals surface area contributed by atoms with Crippen molar-refractivity contribution in [2.75, 3.05) is 17.1 Å². The van der Waals surface area contributed by atoms with Crippen LogP contribution in [0.2, 0.25) is 0 Å². The Morgan fingerprint density at radius 3 is 2.41 bits per heavy atom. The summed E-state index contributed by atoms with van der Waals surface area (Å²) in [5.74, 6) is 0.347. The molecule has 0 fully saturated rings. The standard InChI is InChI=1S/C25H23N3O4S2/c1-17-8-9-20(14-23(17)34(30,31)28-19-10-12-22(32-2)13-11-19)26-24(29)15-21-16-33-25(27-21)18-6-4-3-5-7-18/h3-14,16,28H,15H2,1-2H3,(H,26,29). The lowest BCUT2D eigenvalue weighted by Crippen LogP contribution is -2.17. The molecule has 174 valence electrons. The van der Waals surface area contributed by atoms with E-state index in [-0.39, 0.29) is 17.2 Å². The number of carbonyl (C=O) groups is 1. The fraction of sp³-hybridized carbons (Fsp3) is 0.120. The summed E-state index contributed by atoms with van der Waals surface area (Å²) < 4.78 is 33.6. The van der Waals surface area contributed by atoms with Gasteiger partial charge in [0.15, 0.2) is 0 Å². The van der Waals surface area contributed by atoms with E-state index >= 15 is 0 Å². The van der Waals surface area contributed by atoms with Crippen LogP contribution in [-0.4, -0.2) is 26.4 Å². The van der Waals surface area contributed by atoms with Gasteiger partial charge in [-0.25, -0.2) is 13.4 Å². The topological polar surface area (TPSA) is 97.4 Å². The molecule has 0 aliphatic rings. The molecule has 0 saturated heterocycles. The largest absolute Gasteiger partial charge is 0.497 e. The second kappa shape index (κ2) is 10.1. The lowest BCUT2D eigenvalue weighted by Gasteiger charge is -2.13. The van der Waals surface area contributed by atoms with Gasteiger partial charge in [0, 0.05) is 22.3 Å². The average molecular weight is 494 g/mol. The minimum atomic E-state index is -3.86. The average Bonchev–Trinajstić information content (AvgIpc) is 3.29. The van der Waals surface area contributed by atoms with Crippen molar-refractivity contribution in [3.63, 3.8) is 0 Å². The predicted molar refractivity (Wildman–Crippen MR) is 135 cm³/mol. The third kappa shape index (κ3) is 5.62. The Kier molecular flexibility index (Phi) is 6.95. The van der Waals surface area contributed by atoms with Crippen LogP contribution in [0.4, 0.5) is 11.4 Å². The van der Waals surface area contributed by atoms with E-state index in [0.29, 0.717) is 28.4 Å². The van der Waals surface area contributed by atoms with E-state index in [1.807, 2.05) is 35.7 Å². The third-order valence-corrected chi connectivity index (χ3v) is 7.48. The van der Waals surface area contributed by atoms with E-state index in [0.717, 1.165) is 10.6 Å². The second-order valence-corrected chi connectivity index (χ2v) is 10.1. The zero-order valence-electron chi connectivity index (χ0n) is 18.6. The van der Waals surface area contributed by atoms with Gasteiger partial charge in [-0.2, -0.15) is 0 Å². The first-order valence-electron chi connectivity index (χ1n) is 10.4. The summed E-state index contributed by atoms with van der Waals surface area (Å²) in [5.41, 5.74) is 3.02. The van der Waals surface area contributed by atoms with Gasteiger partial charge in [0.25, 0.3) is 10.0 Å². The molecule has 0 aliphatic carbocycles. The van der Waals surface area contributed by atoms with Crippen molar-refractivity contribution in [1.29, 1.82) is 0 Å². The molecule has 1 heterocycles. The van der Waals surface area contributed by atoms with Gasteiger partial charge in [0.2, 0.25) is 5.91 Å². The SMILES string of the molecule is COc1ccc(NS(=O)(=O)c2cc(NC(=O)Cc3csc(-c4ccccc4)n3)ccc2C)cc1. The van der Waals surface area contributed by atoms with E-state index in [9.17, 15) is 13.2 Å². The Morgan fingerprint density at radius 2 is 1.71 bits per heavy atom. The van der Waals surface area contributed by atoms with Crippen molar-refractivity contribution in [1.82, 2.24) is 4.98 Å². The number of nitrogens with one attached hydrogen (secondary N) is 2. The number of amides is 1. The molecule has 0 radical (unpaired) electrons. The number of rotatable bonds is 8. The zero-order chi connectivity index (χ0) is 24.1. The van der Waals surface area contributed by atoms with Crippen molar-refractivity contribution < 1.29 is 17.9 Å². The van der Waals surface area contributed by atoms with Gasteiger partial charge >= 0.3 is 0 Å². The molecule has 34 heavy (non-hydrogen) atoms. The Hall–Kier alpha value is -3.69. The summed E-state index contributed by atoms with van der Waals surface area (Å²) in [6.45, 7) is 1.70. The summed E-state index contributed by atoms with van der Waals surface area (Å²) in [7, 11) is -2.32. The number of benzene rings is 3. The van der Waals surface area contributed by atoms with E-state index in [4.69, 9.17) is 4.74 Å². The molecule has 3 aromatic carbocycles. The first-order chi connectivity index (χ1) is 16.3. The number of methoxy groups -OCH3 is 1. The van der Waals surface area contributed by atoms with E-state index in [1.165, 1.54) is 17.4 Å². The lowest BCUT2D eigenvalue weighted by molar-refractivity contribution is -0.115. The maximum absolute atomic E-state index is 13.0. The lowest BCUT2D eigenvalue weighted by atomic mass is 10.2. The highest BCUT2D eigenvalue weighted by Crippen LogP contribution is 2.26. The summed E-state index contributed by atoms with van der Waals surface area (Å²) in [6, 6.07) is 21.1. The van der Waals surface area contributed by atoms with Gasteiger partial charge in [-0.1, -0.05) is 36.4 Å². The highest BCUT2D eigenvalue weighted by Gasteiger charge is 2.19. The highest BCUT2D eigenvalue weighted by atomic mass is 32.2. The van der Waals surface area contributed by atoms with Crippen LogP contribution in [0.15, 0.2) is 83.1 Å². The molecule has 7 nitrogen and oxygen atoms in total. The van der Waals surface area contributed by atoms with Gasteiger partial charge in [0.1, 0.15) is 10.8 Å². The predicted octanol–water partition coefficient (Wildman–Crippen LogP) is 5.11. The Balaban J connectivity index is 1.46. The fourth-order valence-corrected chi connectivity index (χ4v) is 5.46. The molecule has 0 bridgehead atoms. The molecule has 0 saturated carbocycles. The van der Waals surface area contributed by atoms with Crippen LogP contribution in [0.1, 0.15) is 11.3 Å². The van der Waals surface area contributed by atoms with E-state index in [1.54, 1.807) is 50.4 Å². The summed E-state index contributed by atoms with van der Waals surface area (Å²) in [4.78, 5) is 17.2. The minimum absolute atomic E-state index is 0.0844. The van der Waals surface area contributed by atoms with E-state index < -0.39 is 10.0 Å². The van der Waals surface area contributed by atoms with Gasteiger partial charge in [-0.15, -0.1) is 11.3 Å². The van der Waals surface area contributed by atoms with E-state index in [2.05, 4.69) is 15.0 Å². The number of carbonyl (C=O) groups excluding carboxylic acids is 1. The first kappa shape index (κ1) is 23.5. The van der Waals surface area contributed by atoms with Crippen LogP contribution >= 0.6 is 11.3 Å². The maximum Gasteiger partial charge on any atom is 0.262 e. The maximum atomic E-state index is 13.0. The number of hydrogen-bond acceptors (Lipinski definition) is 6. The fourth-order valence-electron chi connectivity index (χ4n) is 3.31. The molecule has 4 aromatic rings. The number of nitrogens with zero attached hydrogens (tertiary/aromatic N) is 1. The van der Waals surface area contributed by atoms with Crippen molar-refractivity contribution in [2.24, 2.45) is 0 Å². The number of sulfonamides is 1. The smallest absolute Gasteiger partial charge is 0.262 e. The Morgan fingerprint density at radius 1 is 1.00 bits per heavy atom. The van der Waals surface area contributed by atoms with Gasteiger partial charge < -0.3 is 10.1 Å². The number of thiazole rings is 1. The summed E-state index contributed by atoms with van der Waals surface area (Å²) in [5, 5.41) is 5.47. The zero-order valence-corrected chi connectivity index (χ0v) is 20.2. The number of aryl methyl sites for hydroxylation is 1. The quantitative estimate of drug-likeness (QED) is 0.356. The van der Waals surface area contributed by atoms with Crippen molar-refractivity contribution in [2.45, 2.75) is 18.2 Å². The number of ether oxygens (including phenoxy) is 1. The molecule has 0 atom stereocenters. The van der Waals surface area contributed by atoms with Crippen LogP contribution in [0.25, 0.3) is 10.6 Å². The minimum Gasteiger partial charge on any atom is -0.497 e. The molecule has 1 amide bonds. The summed E-state index contributed by atoms with van der Waals surface area (Å²) in [6.07, 6.45) is 0.0867. The molecule has 0 aliphatic heterocycles. The first-order valence-corrected chi connectivity index (χ1v) is 12.8. The van der Waals surface area contributed by atoms with Gasteiger partial charge in [-0.05, 0) is 48.9 Å². The Labute approximate surface area is 202 Å². The third-order valence-electron chi connectivity index (χ3n) is 5.02. The number of anilines is 2. The van der Waals surface area contributed by atoms with Gasteiger partial charge in [0.05, 0.1) is 24.1 Å². The van der Waals surface area contributed by atoms with Crippen LogP contribution in [0.3, 0.4) is 0 Å². The van der Waals surface area contributed by atoms with Crippen molar-refractivity contribution >= 4 is 38.6 Å². The van der Waals surface area contributed by atoms with Crippen LogP contribution in [-0.2, 0) is 21.2 Å². The molecule has 0 spiro atoms. The molecule has 1 aromatic heterocycles. The normalized spacial score (nSPS) is 11.1. The van der Waals surface area contributed by atoms with Crippen LogP contribution in [0.5, 0.6) is 5.75 Å². The summed E-state index contributed by atoms with van der Waals surface area (Å²) >= 11 is 1.48. The number of hydrogen-bond donors (Lipinski definition) is 2. The second-order valence-electron chi connectivity index (χ2n) is 7.55. The monoisotopic (exact) mass is 493 g/mol. The van der Waals surface area contributed by atoms with Crippen LogP contribution in [0, 0.1) is 6.92 Å². The van der Waals surface area contributed by atoms with Gasteiger partial charge in [-0.3, -0.25) is 9.52 Å².